The van der Waals surface area contributed by atoms with Crippen molar-refractivity contribution in [3.63, 3.8) is 0 Å². The maximum Gasteiger partial charge on any atom is 0.269 e. The van der Waals surface area contributed by atoms with Crippen LogP contribution in [0.3, 0.4) is 0 Å². The molecule has 0 aliphatic rings. The molecule has 0 saturated heterocycles. The maximum atomic E-state index is 11.5. The van der Waals surface area contributed by atoms with Gasteiger partial charge in [-0.1, -0.05) is 0 Å². The van der Waals surface area contributed by atoms with E-state index in [0.29, 0.717) is 12.2 Å². The molecule has 1 heterocycles. The SMILES string of the molecule is CNCCCNC(=O)c1ccc(Br)cn1. The van der Waals surface area contributed by atoms with Crippen LogP contribution in [0.5, 0.6) is 0 Å². The Labute approximate surface area is 97.6 Å². The number of hydrogen-bond donors (Lipinski definition) is 2. The fourth-order valence-corrected chi connectivity index (χ4v) is 1.30. The molecule has 0 spiro atoms. The van der Waals surface area contributed by atoms with Gasteiger partial charge in [0.15, 0.2) is 0 Å². The van der Waals surface area contributed by atoms with Crippen LogP contribution in [0.25, 0.3) is 0 Å². The van der Waals surface area contributed by atoms with Gasteiger partial charge in [-0.05, 0) is 48.1 Å². The molecule has 0 radical (unpaired) electrons. The van der Waals surface area contributed by atoms with Gasteiger partial charge in [-0.2, -0.15) is 0 Å². The van der Waals surface area contributed by atoms with Gasteiger partial charge in [0.05, 0.1) is 0 Å². The Balaban J connectivity index is 2.37. The first-order valence-corrected chi connectivity index (χ1v) is 5.57. The molecule has 1 aromatic heterocycles. The van der Waals surface area contributed by atoms with Crippen LogP contribution in [-0.2, 0) is 0 Å². The van der Waals surface area contributed by atoms with Crippen LogP contribution in [-0.4, -0.2) is 31.0 Å². The van der Waals surface area contributed by atoms with Gasteiger partial charge >= 0.3 is 0 Å². The largest absolute Gasteiger partial charge is 0.351 e. The van der Waals surface area contributed by atoms with E-state index in [4.69, 9.17) is 0 Å². The predicted octanol–water partition coefficient (Wildman–Crippen LogP) is 1.18. The number of hydrogen-bond acceptors (Lipinski definition) is 3. The molecule has 0 saturated carbocycles. The molecular formula is C10H14BrN3O. The van der Waals surface area contributed by atoms with Crippen LogP contribution in [0.4, 0.5) is 0 Å². The highest BCUT2D eigenvalue weighted by Crippen LogP contribution is 2.06. The molecule has 0 aromatic carbocycles. The molecule has 1 amide bonds. The van der Waals surface area contributed by atoms with Gasteiger partial charge in [-0.25, -0.2) is 4.98 Å². The summed E-state index contributed by atoms with van der Waals surface area (Å²) in [5.74, 6) is -0.126. The number of nitrogens with zero attached hydrogens (tertiary/aromatic N) is 1. The first kappa shape index (κ1) is 12.1. The van der Waals surface area contributed by atoms with E-state index in [2.05, 4.69) is 31.5 Å². The third-order valence-electron chi connectivity index (χ3n) is 1.85. The standard InChI is InChI=1S/C10H14BrN3O/c1-12-5-2-6-13-10(15)9-4-3-8(11)7-14-9/h3-4,7,12H,2,5-6H2,1H3,(H,13,15). The molecule has 0 atom stereocenters. The second-order valence-corrected chi connectivity index (χ2v) is 3.99. The molecule has 15 heavy (non-hydrogen) atoms. The molecule has 0 bridgehead atoms. The van der Waals surface area contributed by atoms with Crippen molar-refractivity contribution in [1.29, 1.82) is 0 Å². The molecule has 1 rings (SSSR count). The van der Waals surface area contributed by atoms with Crippen molar-refractivity contribution in [1.82, 2.24) is 15.6 Å². The summed E-state index contributed by atoms with van der Waals surface area (Å²) in [6.45, 7) is 1.56. The van der Waals surface area contributed by atoms with Crippen molar-refractivity contribution in [2.45, 2.75) is 6.42 Å². The Kier molecular flexibility index (Phi) is 5.28. The number of aromatic nitrogens is 1. The first-order valence-electron chi connectivity index (χ1n) is 4.78. The van der Waals surface area contributed by atoms with Crippen LogP contribution in [0.2, 0.25) is 0 Å². The Bertz CT molecular complexity index is 313. The van der Waals surface area contributed by atoms with Gasteiger partial charge in [-0.15, -0.1) is 0 Å². The van der Waals surface area contributed by atoms with E-state index in [-0.39, 0.29) is 5.91 Å². The van der Waals surface area contributed by atoms with Gasteiger partial charge < -0.3 is 10.6 Å². The van der Waals surface area contributed by atoms with Crippen molar-refractivity contribution < 1.29 is 4.79 Å². The Morgan fingerprint density at radius 3 is 2.87 bits per heavy atom. The zero-order valence-electron chi connectivity index (χ0n) is 8.59. The summed E-state index contributed by atoms with van der Waals surface area (Å²) < 4.78 is 0.870. The molecule has 0 fully saturated rings. The molecule has 0 aliphatic carbocycles. The summed E-state index contributed by atoms with van der Waals surface area (Å²) >= 11 is 3.27. The second kappa shape index (κ2) is 6.53. The Hall–Kier alpha value is -0.940. The lowest BCUT2D eigenvalue weighted by Crippen LogP contribution is -2.27. The third kappa shape index (κ3) is 4.40. The smallest absolute Gasteiger partial charge is 0.269 e. The maximum absolute atomic E-state index is 11.5. The average molecular weight is 272 g/mol. The molecule has 1 aromatic rings. The van der Waals surface area contributed by atoms with Crippen molar-refractivity contribution in [3.05, 3.63) is 28.5 Å². The minimum Gasteiger partial charge on any atom is -0.351 e. The van der Waals surface area contributed by atoms with E-state index < -0.39 is 0 Å². The number of nitrogens with one attached hydrogen (secondary N) is 2. The monoisotopic (exact) mass is 271 g/mol. The van der Waals surface area contributed by atoms with Crippen LogP contribution in [0.1, 0.15) is 16.9 Å². The molecule has 82 valence electrons. The normalized spacial score (nSPS) is 10.0. The first-order chi connectivity index (χ1) is 7.24. The summed E-state index contributed by atoms with van der Waals surface area (Å²) in [5.41, 5.74) is 0.447. The molecule has 4 nitrogen and oxygen atoms in total. The lowest BCUT2D eigenvalue weighted by atomic mass is 10.3. The van der Waals surface area contributed by atoms with Crippen LogP contribution >= 0.6 is 15.9 Å². The van der Waals surface area contributed by atoms with E-state index in [0.717, 1.165) is 17.4 Å². The number of amides is 1. The van der Waals surface area contributed by atoms with E-state index in [1.807, 2.05) is 7.05 Å². The van der Waals surface area contributed by atoms with Crippen LogP contribution < -0.4 is 10.6 Å². The lowest BCUT2D eigenvalue weighted by molar-refractivity contribution is 0.0948. The van der Waals surface area contributed by atoms with Crippen molar-refractivity contribution in [2.75, 3.05) is 20.1 Å². The second-order valence-electron chi connectivity index (χ2n) is 3.07. The van der Waals surface area contributed by atoms with Gasteiger partial charge in [0.1, 0.15) is 5.69 Å². The summed E-state index contributed by atoms with van der Waals surface area (Å²) in [5, 5.41) is 5.81. The van der Waals surface area contributed by atoms with Crippen molar-refractivity contribution in [2.24, 2.45) is 0 Å². The summed E-state index contributed by atoms with van der Waals surface area (Å²) in [6, 6.07) is 3.49. The molecule has 0 aliphatic heterocycles. The van der Waals surface area contributed by atoms with Crippen LogP contribution in [0.15, 0.2) is 22.8 Å². The summed E-state index contributed by atoms with van der Waals surface area (Å²) in [7, 11) is 1.89. The Morgan fingerprint density at radius 2 is 2.27 bits per heavy atom. The van der Waals surface area contributed by atoms with Gasteiger partial charge in [0.2, 0.25) is 0 Å². The quantitative estimate of drug-likeness (QED) is 0.791. The minimum atomic E-state index is -0.126. The van der Waals surface area contributed by atoms with Crippen molar-refractivity contribution in [3.8, 4) is 0 Å². The zero-order chi connectivity index (χ0) is 11.1. The molecular weight excluding hydrogens is 258 g/mol. The number of carbonyl (C=O) groups excluding carboxylic acids is 1. The minimum absolute atomic E-state index is 0.126. The zero-order valence-corrected chi connectivity index (χ0v) is 10.2. The number of rotatable bonds is 5. The number of pyridine rings is 1. The third-order valence-corrected chi connectivity index (χ3v) is 2.32. The fraction of sp³-hybridized carbons (Fsp3) is 0.400. The van der Waals surface area contributed by atoms with Gasteiger partial charge in [-0.3, -0.25) is 4.79 Å². The molecule has 5 heteroatoms. The highest BCUT2D eigenvalue weighted by molar-refractivity contribution is 9.10. The predicted molar refractivity (Wildman–Crippen MR) is 62.8 cm³/mol. The Morgan fingerprint density at radius 1 is 1.47 bits per heavy atom. The number of carbonyl (C=O) groups is 1. The topological polar surface area (TPSA) is 54.0 Å². The van der Waals surface area contributed by atoms with Gasteiger partial charge in [0.25, 0.3) is 5.91 Å². The highest BCUT2D eigenvalue weighted by Gasteiger charge is 2.04. The molecule has 0 unspecified atom stereocenters. The van der Waals surface area contributed by atoms with E-state index >= 15 is 0 Å². The highest BCUT2D eigenvalue weighted by atomic mass is 79.9. The van der Waals surface area contributed by atoms with E-state index in [1.165, 1.54) is 0 Å². The van der Waals surface area contributed by atoms with Crippen molar-refractivity contribution >= 4 is 21.8 Å². The lowest BCUT2D eigenvalue weighted by Gasteiger charge is -2.04. The van der Waals surface area contributed by atoms with Crippen LogP contribution in [0, 0.1) is 0 Å². The summed E-state index contributed by atoms with van der Waals surface area (Å²) in [6.07, 6.45) is 2.53. The molecule has 2 N–H and O–H groups in total. The van der Waals surface area contributed by atoms with Gasteiger partial charge in [0, 0.05) is 17.2 Å². The number of halogens is 1. The average Bonchev–Trinajstić information content (AvgIpc) is 2.25. The fourth-order valence-electron chi connectivity index (χ4n) is 1.07. The van der Waals surface area contributed by atoms with E-state index in [1.54, 1.807) is 18.3 Å². The summed E-state index contributed by atoms with van der Waals surface area (Å²) in [4.78, 5) is 15.5. The van der Waals surface area contributed by atoms with E-state index in [9.17, 15) is 4.79 Å².